The van der Waals surface area contributed by atoms with Gasteiger partial charge in [-0.1, -0.05) is 24.1 Å². The number of thioether (sulfide) groups is 1. The molecule has 1 aromatic carbocycles. The second-order valence-electron chi connectivity index (χ2n) is 8.14. The Morgan fingerprint density at radius 3 is 2.50 bits per heavy atom. The van der Waals surface area contributed by atoms with Crippen LogP contribution in [-0.2, 0) is 14.8 Å². The number of amides is 1. The maximum atomic E-state index is 13.1. The van der Waals surface area contributed by atoms with E-state index in [1.54, 1.807) is 42.3 Å². The summed E-state index contributed by atoms with van der Waals surface area (Å²) in [6.07, 6.45) is 7.45. The predicted octanol–water partition coefficient (Wildman–Crippen LogP) is 3.33. The van der Waals surface area contributed by atoms with Gasteiger partial charge in [0.15, 0.2) is 0 Å². The van der Waals surface area contributed by atoms with E-state index in [0.717, 1.165) is 37.3 Å². The van der Waals surface area contributed by atoms with E-state index in [-0.39, 0.29) is 16.8 Å². The van der Waals surface area contributed by atoms with E-state index in [4.69, 9.17) is 4.42 Å². The summed E-state index contributed by atoms with van der Waals surface area (Å²) in [5.74, 6) is 1.17. The molecule has 1 aromatic heterocycles. The van der Waals surface area contributed by atoms with Gasteiger partial charge in [-0.25, -0.2) is 8.42 Å². The first-order chi connectivity index (χ1) is 15.4. The fraction of sp³-hybridized carbons (Fsp3) is 0.522. The highest BCUT2D eigenvalue weighted by atomic mass is 32.2. The van der Waals surface area contributed by atoms with Crippen LogP contribution in [0.4, 0.5) is 0 Å². The number of nitrogens with one attached hydrogen (secondary N) is 2. The van der Waals surface area contributed by atoms with E-state index in [1.165, 1.54) is 6.42 Å². The second-order valence-corrected chi connectivity index (χ2v) is 10.8. The number of aryl methyl sites for hydroxylation is 1. The van der Waals surface area contributed by atoms with E-state index in [9.17, 15) is 13.2 Å². The molecule has 1 amide bonds. The van der Waals surface area contributed by atoms with E-state index in [2.05, 4.69) is 14.9 Å². The zero-order chi connectivity index (χ0) is 23.0. The van der Waals surface area contributed by atoms with Crippen LogP contribution in [0.1, 0.15) is 43.0 Å². The Hall–Kier alpha value is -1.81. The van der Waals surface area contributed by atoms with Crippen molar-refractivity contribution in [1.29, 1.82) is 0 Å². The maximum Gasteiger partial charge on any atom is 0.241 e. The Morgan fingerprint density at radius 1 is 1.16 bits per heavy atom. The number of sulfonamides is 1. The number of carbonyl (C=O) groups excluding carboxylic acids is 1. The van der Waals surface area contributed by atoms with Crippen molar-refractivity contribution >= 4 is 27.7 Å². The topological polar surface area (TPSA) is 91.6 Å². The van der Waals surface area contributed by atoms with Crippen LogP contribution in [0.15, 0.2) is 52.0 Å². The molecule has 1 saturated heterocycles. The van der Waals surface area contributed by atoms with Crippen LogP contribution in [0.2, 0.25) is 0 Å². The van der Waals surface area contributed by atoms with Crippen molar-refractivity contribution in [2.45, 2.75) is 49.6 Å². The fourth-order valence-electron chi connectivity index (χ4n) is 3.89. The molecule has 0 bridgehead atoms. The van der Waals surface area contributed by atoms with Gasteiger partial charge in [0.1, 0.15) is 11.8 Å². The summed E-state index contributed by atoms with van der Waals surface area (Å²) in [7, 11) is -3.80. The SMILES string of the molecule is CSCCC(NS(=O)(=O)c1ccc(C)cc1)C(=O)NCC(c1ccco1)N1CCCCC1. The summed E-state index contributed by atoms with van der Waals surface area (Å²) in [6.45, 7) is 4.18. The molecule has 1 fully saturated rings. The highest BCUT2D eigenvalue weighted by Gasteiger charge is 2.29. The normalized spacial score (nSPS) is 17.1. The molecule has 2 aromatic rings. The number of piperidine rings is 1. The molecule has 1 aliphatic rings. The smallest absolute Gasteiger partial charge is 0.241 e. The number of nitrogens with zero attached hydrogens (tertiary/aromatic N) is 1. The van der Waals surface area contributed by atoms with Gasteiger partial charge in [-0.15, -0.1) is 0 Å². The Balaban J connectivity index is 1.69. The quantitative estimate of drug-likeness (QED) is 0.514. The molecule has 2 atom stereocenters. The number of carbonyl (C=O) groups is 1. The van der Waals surface area contributed by atoms with Crippen molar-refractivity contribution < 1.29 is 17.6 Å². The van der Waals surface area contributed by atoms with E-state index in [1.807, 2.05) is 25.3 Å². The van der Waals surface area contributed by atoms with Gasteiger partial charge in [0.2, 0.25) is 15.9 Å². The predicted molar refractivity (Wildman–Crippen MR) is 128 cm³/mol. The zero-order valence-electron chi connectivity index (χ0n) is 18.7. The molecule has 32 heavy (non-hydrogen) atoms. The van der Waals surface area contributed by atoms with Gasteiger partial charge in [0, 0.05) is 6.54 Å². The first kappa shape index (κ1) is 24.8. The molecule has 0 saturated carbocycles. The average molecular weight is 480 g/mol. The van der Waals surface area contributed by atoms with E-state index in [0.29, 0.717) is 18.7 Å². The van der Waals surface area contributed by atoms with Crippen LogP contribution in [-0.4, -0.2) is 56.9 Å². The summed E-state index contributed by atoms with van der Waals surface area (Å²) in [5.41, 5.74) is 0.974. The van der Waals surface area contributed by atoms with Crippen molar-refractivity contribution in [2.75, 3.05) is 31.6 Å². The van der Waals surface area contributed by atoms with Gasteiger partial charge in [0.05, 0.1) is 17.2 Å². The molecule has 7 nitrogen and oxygen atoms in total. The Kier molecular flexibility index (Phi) is 9.22. The van der Waals surface area contributed by atoms with Gasteiger partial charge in [-0.05, 0) is 75.5 Å². The molecular formula is C23H33N3O4S2. The minimum atomic E-state index is -3.80. The van der Waals surface area contributed by atoms with E-state index < -0.39 is 16.1 Å². The van der Waals surface area contributed by atoms with Gasteiger partial charge < -0.3 is 9.73 Å². The summed E-state index contributed by atoms with van der Waals surface area (Å²) in [4.78, 5) is 15.6. The lowest BCUT2D eigenvalue weighted by Gasteiger charge is -2.33. The zero-order valence-corrected chi connectivity index (χ0v) is 20.4. The van der Waals surface area contributed by atoms with E-state index >= 15 is 0 Å². The first-order valence-corrected chi connectivity index (χ1v) is 13.9. The van der Waals surface area contributed by atoms with Crippen molar-refractivity contribution in [1.82, 2.24) is 14.9 Å². The van der Waals surface area contributed by atoms with Gasteiger partial charge >= 0.3 is 0 Å². The third kappa shape index (κ3) is 6.84. The van der Waals surface area contributed by atoms with Crippen molar-refractivity contribution in [3.05, 3.63) is 54.0 Å². The molecule has 2 N–H and O–H groups in total. The van der Waals surface area contributed by atoms with Crippen LogP contribution >= 0.6 is 11.8 Å². The first-order valence-electron chi connectivity index (χ1n) is 11.0. The highest BCUT2D eigenvalue weighted by Crippen LogP contribution is 2.24. The maximum absolute atomic E-state index is 13.1. The standard InChI is InChI=1S/C23H33N3O4S2/c1-18-8-10-19(11-9-18)32(28,29)25-20(12-16-31-2)23(27)24-17-21(22-7-6-15-30-22)26-13-4-3-5-14-26/h6-11,15,20-21,25H,3-5,12-14,16-17H2,1-2H3,(H,24,27). The number of hydrogen-bond acceptors (Lipinski definition) is 6. The molecule has 9 heteroatoms. The van der Waals surface area contributed by atoms with Crippen molar-refractivity contribution in [2.24, 2.45) is 0 Å². The summed E-state index contributed by atoms with van der Waals surface area (Å²) < 4.78 is 34.0. The van der Waals surface area contributed by atoms with Gasteiger partial charge in [-0.3, -0.25) is 9.69 Å². The highest BCUT2D eigenvalue weighted by molar-refractivity contribution is 7.98. The minimum Gasteiger partial charge on any atom is -0.468 e. The lowest BCUT2D eigenvalue weighted by molar-refractivity contribution is -0.123. The third-order valence-corrected chi connectivity index (χ3v) is 7.86. The van der Waals surface area contributed by atoms with Gasteiger partial charge in [-0.2, -0.15) is 16.5 Å². The molecular weight excluding hydrogens is 446 g/mol. The summed E-state index contributed by atoms with van der Waals surface area (Å²) >= 11 is 1.58. The Morgan fingerprint density at radius 2 is 1.88 bits per heavy atom. The fourth-order valence-corrected chi connectivity index (χ4v) is 5.59. The Bertz CT molecular complexity index is 940. The molecule has 176 valence electrons. The monoisotopic (exact) mass is 479 g/mol. The molecule has 1 aliphatic heterocycles. The molecule has 2 heterocycles. The van der Waals surface area contributed by atoms with Gasteiger partial charge in [0.25, 0.3) is 0 Å². The third-order valence-electron chi connectivity index (χ3n) is 5.73. The molecule has 0 radical (unpaired) electrons. The molecule has 0 spiro atoms. The van der Waals surface area contributed by atoms with Crippen LogP contribution in [0, 0.1) is 6.92 Å². The lowest BCUT2D eigenvalue weighted by Crippen LogP contribution is -2.49. The van der Waals surface area contributed by atoms with Crippen LogP contribution < -0.4 is 10.0 Å². The van der Waals surface area contributed by atoms with Crippen LogP contribution in [0.25, 0.3) is 0 Å². The average Bonchev–Trinajstić information content (AvgIpc) is 3.32. The molecule has 0 aliphatic carbocycles. The largest absolute Gasteiger partial charge is 0.468 e. The second kappa shape index (κ2) is 11.9. The van der Waals surface area contributed by atoms with Crippen LogP contribution in [0.5, 0.6) is 0 Å². The number of rotatable bonds is 11. The minimum absolute atomic E-state index is 0.0656. The van der Waals surface area contributed by atoms with Crippen LogP contribution in [0.3, 0.4) is 0 Å². The number of hydrogen-bond donors (Lipinski definition) is 2. The summed E-state index contributed by atoms with van der Waals surface area (Å²) in [5, 5.41) is 2.98. The number of furan rings is 1. The number of likely N-dealkylation sites (tertiary alicyclic amines) is 1. The lowest BCUT2D eigenvalue weighted by atomic mass is 10.1. The molecule has 3 rings (SSSR count). The number of benzene rings is 1. The molecule has 2 unspecified atom stereocenters. The van der Waals surface area contributed by atoms with Crippen molar-refractivity contribution in [3.8, 4) is 0 Å². The van der Waals surface area contributed by atoms with Crippen molar-refractivity contribution in [3.63, 3.8) is 0 Å². The summed E-state index contributed by atoms with van der Waals surface area (Å²) in [6, 6.07) is 9.49. The Labute approximate surface area is 195 Å².